The van der Waals surface area contributed by atoms with Gasteiger partial charge in [-0.1, -0.05) is 130 Å². The molecule has 0 N–H and O–H groups in total. The van der Waals surface area contributed by atoms with Crippen LogP contribution in [0.15, 0.2) is 0 Å². The molecule has 0 fully saturated rings. The summed E-state index contributed by atoms with van der Waals surface area (Å²) >= 11 is 0. The molecule has 0 rings (SSSR count). The van der Waals surface area contributed by atoms with Gasteiger partial charge >= 0.3 is 11.9 Å². The Morgan fingerprint density at radius 2 is 0.867 bits per heavy atom. The molecule has 6 heteroatoms. The fourth-order valence-electron chi connectivity index (χ4n) is 6.03. The lowest BCUT2D eigenvalue weighted by Gasteiger charge is -2.21. The Morgan fingerprint density at radius 1 is 0.489 bits per heavy atom. The quantitative estimate of drug-likeness (QED) is 0.0391. The first kappa shape index (κ1) is 43.6. The number of hydrogen-bond acceptors (Lipinski definition) is 6. The van der Waals surface area contributed by atoms with Gasteiger partial charge in [-0.05, 0) is 64.5 Å². The zero-order chi connectivity index (χ0) is 33.2. The van der Waals surface area contributed by atoms with E-state index in [1.54, 1.807) is 0 Å². The van der Waals surface area contributed by atoms with Gasteiger partial charge in [-0.3, -0.25) is 9.59 Å². The Balaban J connectivity index is 4.13. The van der Waals surface area contributed by atoms with Crippen LogP contribution in [0.25, 0.3) is 0 Å². The SMILES string of the molecule is CCCCCCC(CCCC)C(=O)OCCCCCCN(CCC=O)CCCCCCOC(=O)C(CCCC)CCCCCC. The maximum atomic E-state index is 12.6. The monoisotopic (exact) mass is 638 g/mol. The zero-order valence-corrected chi connectivity index (χ0v) is 30.4. The number of carbonyl (C=O) groups is 3. The van der Waals surface area contributed by atoms with Crippen LogP contribution in [0.1, 0.15) is 188 Å². The molecule has 2 atom stereocenters. The van der Waals surface area contributed by atoms with Gasteiger partial charge in [0.05, 0.1) is 25.0 Å². The highest BCUT2D eigenvalue weighted by molar-refractivity contribution is 5.72. The predicted octanol–water partition coefficient (Wildman–Crippen LogP) is 10.6. The van der Waals surface area contributed by atoms with Crippen LogP contribution in [0.2, 0.25) is 0 Å². The van der Waals surface area contributed by atoms with Gasteiger partial charge in [-0.2, -0.15) is 0 Å². The molecule has 0 aromatic heterocycles. The van der Waals surface area contributed by atoms with Gasteiger partial charge < -0.3 is 19.2 Å². The average Bonchev–Trinajstić information content (AvgIpc) is 3.04. The van der Waals surface area contributed by atoms with Gasteiger partial charge in [0.1, 0.15) is 6.29 Å². The third-order valence-electron chi connectivity index (χ3n) is 9.08. The summed E-state index contributed by atoms with van der Waals surface area (Å²) in [5, 5.41) is 0. The summed E-state index contributed by atoms with van der Waals surface area (Å²) in [6.07, 6.45) is 28.0. The van der Waals surface area contributed by atoms with Crippen molar-refractivity contribution >= 4 is 18.2 Å². The van der Waals surface area contributed by atoms with Crippen LogP contribution in [0.3, 0.4) is 0 Å². The molecule has 0 amide bonds. The van der Waals surface area contributed by atoms with Crippen LogP contribution in [0.4, 0.5) is 0 Å². The summed E-state index contributed by atoms with van der Waals surface area (Å²) in [5.41, 5.74) is 0. The van der Waals surface area contributed by atoms with Gasteiger partial charge in [-0.25, -0.2) is 0 Å². The minimum absolute atomic E-state index is 0.0205. The Morgan fingerprint density at radius 3 is 1.27 bits per heavy atom. The summed E-state index contributed by atoms with van der Waals surface area (Å²) in [5.74, 6) is 0.201. The minimum atomic E-state index is 0.0205. The predicted molar refractivity (Wildman–Crippen MR) is 190 cm³/mol. The van der Waals surface area contributed by atoms with Gasteiger partial charge in [0.2, 0.25) is 0 Å². The minimum Gasteiger partial charge on any atom is -0.465 e. The van der Waals surface area contributed by atoms with Crippen molar-refractivity contribution in [3.05, 3.63) is 0 Å². The Bertz CT molecular complexity index is 620. The van der Waals surface area contributed by atoms with E-state index in [1.807, 2.05) is 0 Å². The number of nitrogens with zero attached hydrogens (tertiary/aromatic N) is 1. The molecular formula is C39H75NO5. The molecule has 45 heavy (non-hydrogen) atoms. The molecule has 0 radical (unpaired) electrons. The maximum absolute atomic E-state index is 12.6. The van der Waals surface area contributed by atoms with Crippen molar-refractivity contribution in [2.75, 3.05) is 32.8 Å². The topological polar surface area (TPSA) is 72.9 Å². The van der Waals surface area contributed by atoms with Crippen molar-refractivity contribution in [2.24, 2.45) is 11.8 Å². The van der Waals surface area contributed by atoms with Gasteiger partial charge in [-0.15, -0.1) is 0 Å². The fourth-order valence-corrected chi connectivity index (χ4v) is 6.03. The van der Waals surface area contributed by atoms with Crippen molar-refractivity contribution in [1.29, 1.82) is 0 Å². The van der Waals surface area contributed by atoms with Crippen molar-refractivity contribution < 1.29 is 23.9 Å². The van der Waals surface area contributed by atoms with Crippen LogP contribution < -0.4 is 0 Å². The molecule has 0 saturated heterocycles. The van der Waals surface area contributed by atoms with Crippen LogP contribution in [-0.4, -0.2) is 56.0 Å². The zero-order valence-electron chi connectivity index (χ0n) is 30.4. The van der Waals surface area contributed by atoms with Crippen molar-refractivity contribution in [1.82, 2.24) is 4.90 Å². The van der Waals surface area contributed by atoms with E-state index in [0.717, 1.165) is 141 Å². The standard InChI is InChI=1S/C39H75NO5/c1-5-9-13-19-28-36(26-11-7-3)38(42)44-34-23-17-15-21-30-40(32-25-33-41)31-22-16-18-24-35-45-39(43)37(27-12-8-4)29-20-14-10-6-2/h33,36-37H,5-32,34-35H2,1-4H3. The molecule has 0 saturated carbocycles. The summed E-state index contributed by atoms with van der Waals surface area (Å²) < 4.78 is 11.4. The lowest BCUT2D eigenvalue weighted by molar-refractivity contribution is -0.150. The fraction of sp³-hybridized carbons (Fsp3) is 0.923. The molecule has 0 heterocycles. The Hall–Kier alpha value is -1.43. The molecule has 0 bridgehead atoms. The van der Waals surface area contributed by atoms with Gasteiger partial charge in [0.15, 0.2) is 0 Å². The summed E-state index contributed by atoms with van der Waals surface area (Å²) in [7, 11) is 0. The maximum Gasteiger partial charge on any atom is 0.308 e. The molecule has 2 unspecified atom stereocenters. The largest absolute Gasteiger partial charge is 0.465 e. The normalized spacial score (nSPS) is 12.7. The first-order valence-electron chi connectivity index (χ1n) is 19.5. The van der Waals surface area contributed by atoms with Gasteiger partial charge in [0, 0.05) is 13.0 Å². The smallest absolute Gasteiger partial charge is 0.308 e. The first-order chi connectivity index (χ1) is 22.0. The number of rotatable bonds is 35. The molecule has 0 spiro atoms. The highest BCUT2D eigenvalue weighted by Crippen LogP contribution is 2.20. The van der Waals surface area contributed by atoms with Crippen LogP contribution in [0.5, 0.6) is 0 Å². The van der Waals surface area contributed by atoms with Crippen molar-refractivity contribution in [3.63, 3.8) is 0 Å². The van der Waals surface area contributed by atoms with E-state index in [2.05, 4.69) is 32.6 Å². The number of hydrogen-bond donors (Lipinski definition) is 0. The van der Waals surface area contributed by atoms with E-state index in [4.69, 9.17) is 9.47 Å². The van der Waals surface area contributed by atoms with Gasteiger partial charge in [0.25, 0.3) is 0 Å². The van der Waals surface area contributed by atoms with Crippen LogP contribution in [0, 0.1) is 11.8 Å². The highest BCUT2D eigenvalue weighted by Gasteiger charge is 2.20. The summed E-state index contributed by atoms with van der Waals surface area (Å²) in [6, 6.07) is 0. The van der Waals surface area contributed by atoms with E-state index < -0.39 is 0 Å². The third kappa shape index (κ3) is 27.4. The molecule has 6 nitrogen and oxygen atoms in total. The molecular weight excluding hydrogens is 562 g/mol. The second kappa shape index (κ2) is 33.9. The second-order valence-electron chi connectivity index (χ2n) is 13.3. The molecule has 0 aliphatic heterocycles. The van der Waals surface area contributed by atoms with Crippen molar-refractivity contribution in [3.8, 4) is 0 Å². The summed E-state index contributed by atoms with van der Waals surface area (Å²) in [4.78, 5) is 38.7. The van der Waals surface area contributed by atoms with E-state index in [-0.39, 0.29) is 23.8 Å². The Labute approximate surface area is 279 Å². The van der Waals surface area contributed by atoms with E-state index >= 15 is 0 Å². The molecule has 0 aliphatic rings. The number of carbonyl (C=O) groups excluding carboxylic acids is 3. The number of unbranched alkanes of at least 4 members (excludes halogenated alkanes) is 14. The molecule has 266 valence electrons. The van der Waals surface area contributed by atoms with E-state index in [0.29, 0.717) is 19.6 Å². The molecule has 0 aromatic rings. The highest BCUT2D eigenvalue weighted by atomic mass is 16.5. The van der Waals surface area contributed by atoms with Crippen LogP contribution >= 0.6 is 0 Å². The number of ether oxygens (including phenoxy) is 2. The second-order valence-corrected chi connectivity index (χ2v) is 13.3. The number of esters is 2. The summed E-state index contributed by atoms with van der Waals surface area (Å²) in [6.45, 7) is 12.7. The Kier molecular flexibility index (Phi) is 32.8. The van der Waals surface area contributed by atoms with Crippen LogP contribution in [-0.2, 0) is 23.9 Å². The van der Waals surface area contributed by atoms with E-state index in [9.17, 15) is 14.4 Å². The third-order valence-corrected chi connectivity index (χ3v) is 9.08. The average molecular weight is 638 g/mol. The number of aldehydes is 1. The molecule has 0 aromatic carbocycles. The molecule has 0 aliphatic carbocycles. The van der Waals surface area contributed by atoms with Crippen molar-refractivity contribution in [2.45, 2.75) is 188 Å². The lowest BCUT2D eigenvalue weighted by atomic mass is 9.95. The first-order valence-corrected chi connectivity index (χ1v) is 19.5. The lowest BCUT2D eigenvalue weighted by Crippen LogP contribution is -2.27. The van der Waals surface area contributed by atoms with E-state index in [1.165, 1.54) is 38.5 Å².